The monoisotopic (exact) mass is 367 g/mol. The van der Waals surface area contributed by atoms with Crippen molar-refractivity contribution >= 4 is 11.8 Å². The molecule has 2 saturated heterocycles. The Hall–Kier alpha value is -2.09. The average Bonchev–Trinajstić information content (AvgIpc) is 2.81. The number of carbonyl (C=O) groups is 2. The van der Waals surface area contributed by atoms with Crippen molar-refractivity contribution in [1.29, 1.82) is 0 Å². The number of methoxy groups -OCH3 is 1. The summed E-state index contributed by atoms with van der Waals surface area (Å²) in [6.07, 6.45) is 3.37. The van der Waals surface area contributed by atoms with Crippen LogP contribution in [0.4, 0.5) is 8.78 Å². The van der Waals surface area contributed by atoms with Gasteiger partial charge in [0.05, 0.1) is 23.8 Å². The summed E-state index contributed by atoms with van der Waals surface area (Å²) in [7, 11) is 1.60. The van der Waals surface area contributed by atoms with Gasteiger partial charge in [-0.25, -0.2) is 9.37 Å². The van der Waals surface area contributed by atoms with Crippen LogP contribution in [0.15, 0.2) is 12.3 Å². The number of carbonyl (C=O) groups excluding carboxylic acids is 2. The van der Waals surface area contributed by atoms with Gasteiger partial charge in [0.15, 0.2) is 5.82 Å². The smallest absolute Gasteiger partial charge is 0.257 e. The van der Waals surface area contributed by atoms with Crippen LogP contribution in [0.5, 0.6) is 0 Å². The van der Waals surface area contributed by atoms with E-state index in [-0.39, 0.29) is 11.5 Å². The lowest BCUT2D eigenvalue weighted by Gasteiger charge is -2.26. The van der Waals surface area contributed by atoms with Gasteiger partial charge < -0.3 is 14.5 Å². The largest absolute Gasteiger partial charge is 0.383 e. The maximum atomic E-state index is 13.9. The number of pyridine rings is 1. The predicted molar refractivity (Wildman–Crippen MR) is 89.4 cm³/mol. The number of likely N-dealkylation sites (tertiary alicyclic amines) is 2. The molecular formula is C18H23F2N3O3. The lowest BCUT2D eigenvalue weighted by atomic mass is 9.79. The van der Waals surface area contributed by atoms with E-state index in [1.165, 1.54) is 4.90 Å². The van der Waals surface area contributed by atoms with Crippen LogP contribution in [-0.2, 0) is 9.53 Å². The SMILES string of the molecule is COCCN1CCC2(CCCN(C(=O)c3cc(F)ncc3F)CC2)C1=O. The van der Waals surface area contributed by atoms with Crippen LogP contribution in [0.25, 0.3) is 0 Å². The van der Waals surface area contributed by atoms with E-state index in [0.717, 1.165) is 18.7 Å². The average molecular weight is 367 g/mol. The van der Waals surface area contributed by atoms with E-state index >= 15 is 0 Å². The molecule has 1 aromatic rings. The van der Waals surface area contributed by atoms with Crippen molar-refractivity contribution in [2.45, 2.75) is 25.7 Å². The highest BCUT2D eigenvalue weighted by Gasteiger charge is 2.47. The Balaban J connectivity index is 1.70. The topological polar surface area (TPSA) is 62.7 Å². The minimum absolute atomic E-state index is 0.116. The molecule has 142 valence electrons. The molecule has 1 spiro atoms. The minimum Gasteiger partial charge on any atom is -0.383 e. The summed E-state index contributed by atoms with van der Waals surface area (Å²) in [5.41, 5.74) is -0.766. The molecule has 1 aromatic heterocycles. The molecule has 2 aliphatic rings. The lowest BCUT2D eigenvalue weighted by molar-refractivity contribution is -0.137. The van der Waals surface area contributed by atoms with E-state index in [2.05, 4.69) is 4.98 Å². The lowest BCUT2D eigenvalue weighted by Crippen LogP contribution is -2.38. The molecule has 0 saturated carbocycles. The number of nitrogens with zero attached hydrogens (tertiary/aromatic N) is 3. The zero-order valence-corrected chi connectivity index (χ0v) is 14.8. The Kier molecular flexibility index (Phi) is 5.50. The van der Waals surface area contributed by atoms with Crippen molar-refractivity contribution in [2.24, 2.45) is 5.41 Å². The molecule has 2 fully saturated rings. The van der Waals surface area contributed by atoms with Gasteiger partial charge in [-0.2, -0.15) is 4.39 Å². The molecule has 0 aromatic carbocycles. The van der Waals surface area contributed by atoms with Crippen molar-refractivity contribution in [1.82, 2.24) is 14.8 Å². The fraction of sp³-hybridized carbons (Fsp3) is 0.611. The zero-order valence-electron chi connectivity index (χ0n) is 14.8. The van der Waals surface area contributed by atoms with Gasteiger partial charge in [0.2, 0.25) is 11.9 Å². The van der Waals surface area contributed by atoms with Gasteiger partial charge in [-0.15, -0.1) is 0 Å². The highest BCUT2D eigenvalue weighted by atomic mass is 19.1. The Morgan fingerprint density at radius 3 is 2.81 bits per heavy atom. The van der Waals surface area contributed by atoms with E-state index in [1.54, 1.807) is 7.11 Å². The number of hydrogen-bond donors (Lipinski definition) is 0. The number of halogens is 2. The normalized spacial score (nSPS) is 23.6. The van der Waals surface area contributed by atoms with E-state index in [0.29, 0.717) is 52.0 Å². The second-order valence-corrected chi connectivity index (χ2v) is 6.95. The van der Waals surface area contributed by atoms with Gasteiger partial charge in [0.1, 0.15) is 0 Å². The van der Waals surface area contributed by atoms with Gasteiger partial charge in [-0.3, -0.25) is 9.59 Å². The molecule has 0 bridgehead atoms. The fourth-order valence-electron chi connectivity index (χ4n) is 3.92. The summed E-state index contributed by atoms with van der Waals surface area (Å²) in [5.74, 6) is -2.16. The van der Waals surface area contributed by atoms with Crippen molar-refractivity contribution in [3.8, 4) is 0 Å². The maximum Gasteiger partial charge on any atom is 0.257 e. The molecule has 0 radical (unpaired) electrons. The summed E-state index contributed by atoms with van der Waals surface area (Å²) in [5, 5.41) is 0. The first-order chi connectivity index (χ1) is 12.5. The van der Waals surface area contributed by atoms with Crippen molar-refractivity contribution in [3.05, 3.63) is 29.6 Å². The second-order valence-electron chi connectivity index (χ2n) is 6.95. The molecule has 0 N–H and O–H groups in total. The van der Waals surface area contributed by atoms with Crippen molar-refractivity contribution in [3.63, 3.8) is 0 Å². The first-order valence-electron chi connectivity index (χ1n) is 8.85. The highest BCUT2D eigenvalue weighted by molar-refractivity contribution is 5.94. The third kappa shape index (κ3) is 3.56. The van der Waals surface area contributed by atoms with E-state index < -0.39 is 23.1 Å². The number of hydrogen-bond acceptors (Lipinski definition) is 4. The summed E-state index contributed by atoms with van der Waals surface area (Å²) < 4.78 is 32.2. The molecule has 2 amide bonds. The molecule has 6 nitrogen and oxygen atoms in total. The Morgan fingerprint density at radius 2 is 2.04 bits per heavy atom. The van der Waals surface area contributed by atoms with Gasteiger partial charge in [0.25, 0.3) is 5.91 Å². The third-order valence-electron chi connectivity index (χ3n) is 5.45. The Labute approximate surface area is 151 Å². The van der Waals surface area contributed by atoms with Crippen LogP contribution in [0.1, 0.15) is 36.0 Å². The van der Waals surface area contributed by atoms with Crippen molar-refractivity contribution in [2.75, 3.05) is 39.9 Å². The summed E-state index contributed by atoms with van der Waals surface area (Å²) in [6.45, 7) is 2.54. The molecule has 26 heavy (non-hydrogen) atoms. The molecule has 1 unspecified atom stereocenters. The van der Waals surface area contributed by atoms with Gasteiger partial charge >= 0.3 is 0 Å². The van der Waals surface area contributed by atoms with Crippen LogP contribution in [-0.4, -0.2) is 66.5 Å². The predicted octanol–water partition coefficient (Wildman–Crippen LogP) is 1.85. The number of ether oxygens (including phenoxy) is 1. The molecular weight excluding hydrogens is 344 g/mol. The minimum atomic E-state index is -0.888. The summed E-state index contributed by atoms with van der Waals surface area (Å²) in [6, 6.07) is 0.825. The van der Waals surface area contributed by atoms with Crippen LogP contribution >= 0.6 is 0 Å². The van der Waals surface area contributed by atoms with Crippen LogP contribution in [0, 0.1) is 17.2 Å². The molecule has 2 aliphatic heterocycles. The van der Waals surface area contributed by atoms with Gasteiger partial charge in [0, 0.05) is 39.4 Å². The molecule has 3 heterocycles. The number of aromatic nitrogens is 1. The maximum absolute atomic E-state index is 13.9. The third-order valence-corrected chi connectivity index (χ3v) is 5.45. The molecule has 8 heteroatoms. The summed E-state index contributed by atoms with van der Waals surface area (Å²) in [4.78, 5) is 32.0. The standard InChI is InChI=1S/C18H23F2N3O3/c1-26-10-9-23-8-5-18(17(23)25)3-2-6-22(7-4-18)16(24)13-11-15(20)21-12-14(13)19/h11-12H,2-10H2,1H3. The molecule has 1 atom stereocenters. The number of amides is 2. The van der Waals surface area contributed by atoms with Gasteiger partial charge in [-0.1, -0.05) is 0 Å². The first kappa shape index (κ1) is 18.7. The highest BCUT2D eigenvalue weighted by Crippen LogP contribution is 2.41. The first-order valence-corrected chi connectivity index (χ1v) is 8.85. The quantitative estimate of drug-likeness (QED) is 0.762. The Morgan fingerprint density at radius 1 is 1.27 bits per heavy atom. The van der Waals surface area contributed by atoms with Gasteiger partial charge in [-0.05, 0) is 25.7 Å². The van der Waals surface area contributed by atoms with E-state index in [1.807, 2.05) is 4.90 Å². The van der Waals surface area contributed by atoms with E-state index in [9.17, 15) is 18.4 Å². The van der Waals surface area contributed by atoms with Crippen molar-refractivity contribution < 1.29 is 23.1 Å². The molecule has 0 aliphatic carbocycles. The summed E-state index contributed by atoms with van der Waals surface area (Å²) >= 11 is 0. The fourth-order valence-corrected chi connectivity index (χ4v) is 3.92. The van der Waals surface area contributed by atoms with E-state index in [4.69, 9.17) is 4.74 Å². The molecule has 3 rings (SSSR count). The van der Waals surface area contributed by atoms with Crippen LogP contribution in [0.3, 0.4) is 0 Å². The zero-order chi connectivity index (χ0) is 18.7. The van der Waals surface area contributed by atoms with Crippen LogP contribution < -0.4 is 0 Å². The van der Waals surface area contributed by atoms with Crippen LogP contribution in [0.2, 0.25) is 0 Å². The Bertz CT molecular complexity index is 700. The number of rotatable bonds is 4. The second kappa shape index (κ2) is 7.65.